The molecule has 4 nitrogen and oxygen atoms in total. The Bertz CT molecular complexity index is 268. The lowest BCUT2D eigenvalue weighted by Crippen LogP contribution is -2.37. The first-order valence-corrected chi connectivity index (χ1v) is 7.15. The second-order valence-corrected chi connectivity index (χ2v) is 4.84. The van der Waals surface area contributed by atoms with Crippen molar-refractivity contribution in [2.45, 2.75) is 26.7 Å². The van der Waals surface area contributed by atoms with Crippen LogP contribution in [0.5, 0.6) is 0 Å². The molecule has 0 radical (unpaired) electrons. The Balaban J connectivity index is 0.00000324. The largest absolute Gasteiger partial charge is 0.357 e. The number of hydrogen-bond acceptors (Lipinski definition) is 2. The van der Waals surface area contributed by atoms with Gasteiger partial charge in [-0.2, -0.15) is 0 Å². The molecule has 0 aliphatic carbocycles. The van der Waals surface area contributed by atoms with Crippen molar-refractivity contribution in [3.63, 3.8) is 0 Å². The summed E-state index contributed by atoms with van der Waals surface area (Å²) in [6.07, 6.45) is 4.38. The maximum absolute atomic E-state index is 4.65. The van der Waals surface area contributed by atoms with Crippen molar-refractivity contribution in [1.29, 1.82) is 0 Å². The number of likely N-dealkylation sites (tertiary alicyclic amines) is 1. The Hall–Kier alpha value is -0.300. The Kier molecular flexibility index (Phi) is 11.3. The van der Waals surface area contributed by atoms with Gasteiger partial charge in [0.05, 0.1) is 0 Å². The molecule has 1 saturated heterocycles. The van der Waals surface area contributed by atoms with Gasteiger partial charge in [-0.05, 0) is 38.8 Å². The Morgan fingerprint density at radius 2 is 2.21 bits per heavy atom. The molecule has 2 N–H and O–H groups in total. The van der Waals surface area contributed by atoms with Gasteiger partial charge in [0.25, 0.3) is 0 Å². The van der Waals surface area contributed by atoms with Crippen molar-refractivity contribution in [3.8, 4) is 0 Å². The molecule has 0 bridgehead atoms. The lowest BCUT2D eigenvalue weighted by molar-refractivity contribution is 0.326. The number of guanidine groups is 1. The van der Waals surface area contributed by atoms with E-state index in [2.05, 4.69) is 41.0 Å². The summed E-state index contributed by atoms with van der Waals surface area (Å²) >= 11 is 0. The summed E-state index contributed by atoms with van der Waals surface area (Å²) in [6, 6.07) is 0. The van der Waals surface area contributed by atoms with E-state index in [9.17, 15) is 0 Å². The van der Waals surface area contributed by atoms with Crippen LogP contribution in [-0.2, 0) is 0 Å². The molecule has 0 saturated carbocycles. The average molecular weight is 380 g/mol. The zero-order valence-corrected chi connectivity index (χ0v) is 14.7. The summed E-state index contributed by atoms with van der Waals surface area (Å²) in [7, 11) is 0. The first-order valence-electron chi connectivity index (χ1n) is 7.15. The number of rotatable bonds is 7. The SMILES string of the molecule is C=CCNC(=NCC1CCN(CCC)C1)NCC.I. The minimum absolute atomic E-state index is 0. The van der Waals surface area contributed by atoms with Crippen molar-refractivity contribution in [2.75, 3.05) is 39.3 Å². The molecule has 1 atom stereocenters. The van der Waals surface area contributed by atoms with E-state index in [0.717, 1.165) is 31.5 Å². The van der Waals surface area contributed by atoms with Crippen LogP contribution in [0.2, 0.25) is 0 Å². The molecule has 0 aromatic carbocycles. The summed E-state index contributed by atoms with van der Waals surface area (Å²) in [5.74, 6) is 1.63. The van der Waals surface area contributed by atoms with Gasteiger partial charge in [0.2, 0.25) is 0 Å². The summed E-state index contributed by atoms with van der Waals surface area (Å²) in [6.45, 7) is 14.3. The molecule has 19 heavy (non-hydrogen) atoms. The van der Waals surface area contributed by atoms with E-state index in [1.165, 1.54) is 32.5 Å². The molecule has 0 aromatic rings. The third kappa shape index (κ3) is 7.77. The molecule has 0 spiro atoms. The predicted molar refractivity (Wildman–Crippen MR) is 94.4 cm³/mol. The topological polar surface area (TPSA) is 39.7 Å². The van der Waals surface area contributed by atoms with Crippen molar-refractivity contribution >= 4 is 29.9 Å². The van der Waals surface area contributed by atoms with E-state index in [1.807, 2.05) is 6.08 Å². The Labute approximate surface area is 135 Å². The molecular formula is C14H29IN4. The lowest BCUT2D eigenvalue weighted by atomic mass is 10.1. The Morgan fingerprint density at radius 3 is 2.84 bits per heavy atom. The second-order valence-electron chi connectivity index (χ2n) is 4.84. The van der Waals surface area contributed by atoms with E-state index in [0.29, 0.717) is 0 Å². The monoisotopic (exact) mass is 380 g/mol. The summed E-state index contributed by atoms with van der Waals surface area (Å²) in [4.78, 5) is 7.19. The molecular weight excluding hydrogens is 351 g/mol. The zero-order valence-electron chi connectivity index (χ0n) is 12.3. The smallest absolute Gasteiger partial charge is 0.191 e. The highest BCUT2D eigenvalue weighted by molar-refractivity contribution is 14.0. The van der Waals surface area contributed by atoms with Gasteiger partial charge in [0, 0.05) is 26.2 Å². The fourth-order valence-electron chi connectivity index (χ4n) is 2.31. The highest BCUT2D eigenvalue weighted by Crippen LogP contribution is 2.16. The minimum Gasteiger partial charge on any atom is -0.357 e. The molecule has 1 aliphatic heterocycles. The van der Waals surface area contributed by atoms with Gasteiger partial charge in [0.1, 0.15) is 0 Å². The van der Waals surface area contributed by atoms with Gasteiger partial charge in [-0.1, -0.05) is 13.0 Å². The van der Waals surface area contributed by atoms with Crippen LogP contribution >= 0.6 is 24.0 Å². The third-order valence-electron chi connectivity index (χ3n) is 3.18. The number of nitrogens with zero attached hydrogens (tertiary/aromatic N) is 2. The molecule has 1 aliphatic rings. The number of halogens is 1. The van der Waals surface area contributed by atoms with Crippen molar-refractivity contribution in [1.82, 2.24) is 15.5 Å². The predicted octanol–water partition coefficient (Wildman–Crippen LogP) is 2.08. The quantitative estimate of drug-likeness (QED) is 0.308. The third-order valence-corrected chi connectivity index (χ3v) is 3.18. The minimum atomic E-state index is 0. The fourth-order valence-corrected chi connectivity index (χ4v) is 2.31. The summed E-state index contributed by atoms with van der Waals surface area (Å²) < 4.78 is 0. The van der Waals surface area contributed by atoms with Gasteiger partial charge < -0.3 is 15.5 Å². The van der Waals surface area contributed by atoms with E-state index in [4.69, 9.17) is 0 Å². The number of nitrogens with one attached hydrogen (secondary N) is 2. The van der Waals surface area contributed by atoms with E-state index >= 15 is 0 Å². The van der Waals surface area contributed by atoms with Gasteiger partial charge in [-0.25, -0.2) is 0 Å². The van der Waals surface area contributed by atoms with Gasteiger partial charge >= 0.3 is 0 Å². The highest BCUT2D eigenvalue weighted by atomic mass is 127. The second kappa shape index (κ2) is 11.5. The van der Waals surface area contributed by atoms with Crippen molar-refractivity contribution in [2.24, 2.45) is 10.9 Å². The van der Waals surface area contributed by atoms with Gasteiger partial charge in [0.15, 0.2) is 5.96 Å². The summed E-state index contributed by atoms with van der Waals surface area (Å²) in [5.41, 5.74) is 0. The first kappa shape index (κ1) is 18.7. The van der Waals surface area contributed by atoms with Crippen LogP contribution < -0.4 is 10.6 Å². The van der Waals surface area contributed by atoms with Crippen LogP contribution in [0, 0.1) is 5.92 Å². The van der Waals surface area contributed by atoms with Crippen LogP contribution in [-0.4, -0.2) is 50.1 Å². The zero-order chi connectivity index (χ0) is 13.2. The molecule has 1 fully saturated rings. The first-order chi connectivity index (χ1) is 8.80. The summed E-state index contributed by atoms with van der Waals surface area (Å²) in [5, 5.41) is 6.49. The molecule has 112 valence electrons. The molecule has 5 heteroatoms. The van der Waals surface area contributed by atoms with Crippen LogP contribution in [0.25, 0.3) is 0 Å². The highest BCUT2D eigenvalue weighted by Gasteiger charge is 2.21. The molecule has 1 heterocycles. The van der Waals surface area contributed by atoms with Gasteiger partial charge in [-0.15, -0.1) is 30.6 Å². The number of hydrogen-bond donors (Lipinski definition) is 2. The van der Waals surface area contributed by atoms with Crippen LogP contribution in [0.3, 0.4) is 0 Å². The van der Waals surface area contributed by atoms with E-state index in [-0.39, 0.29) is 24.0 Å². The van der Waals surface area contributed by atoms with Crippen LogP contribution in [0.4, 0.5) is 0 Å². The normalized spacial score (nSPS) is 19.9. The average Bonchev–Trinajstić information content (AvgIpc) is 2.81. The van der Waals surface area contributed by atoms with E-state index < -0.39 is 0 Å². The maximum atomic E-state index is 4.65. The van der Waals surface area contributed by atoms with Crippen molar-refractivity contribution in [3.05, 3.63) is 12.7 Å². The molecule has 0 aromatic heterocycles. The molecule has 1 unspecified atom stereocenters. The van der Waals surface area contributed by atoms with Crippen LogP contribution in [0.15, 0.2) is 17.6 Å². The number of aliphatic imine (C=N–C) groups is 1. The standard InChI is InChI=1S/C14H28N4.HI/c1-4-8-16-14(15-6-3)17-11-13-7-10-18(12-13)9-5-2;/h4,13H,1,5-12H2,2-3H3,(H2,15,16,17);1H. The molecule has 1 rings (SSSR count). The van der Waals surface area contributed by atoms with Crippen LogP contribution in [0.1, 0.15) is 26.7 Å². The fraction of sp³-hybridized carbons (Fsp3) is 0.786. The van der Waals surface area contributed by atoms with Gasteiger partial charge in [-0.3, -0.25) is 4.99 Å². The maximum Gasteiger partial charge on any atom is 0.191 e. The Morgan fingerprint density at radius 1 is 1.42 bits per heavy atom. The lowest BCUT2D eigenvalue weighted by Gasteiger charge is -2.14. The van der Waals surface area contributed by atoms with E-state index in [1.54, 1.807) is 0 Å². The van der Waals surface area contributed by atoms with Crippen molar-refractivity contribution < 1.29 is 0 Å². The molecule has 0 amide bonds.